The predicted molar refractivity (Wildman–Crippen MR) is 144 cm³/mol. The van der Waals surface area contributed by atoms with Crippen molar-refractivity contribution in [1.29, 1.82) is 0 Å². The van der Waals surface area contributed by atoms with Gasteiger partial charge in [-0.15, -0.1) is 0 Å². The van der Waals surface area contributed by atoms with Gasteiger partial charge in [-0.3, -0.25) is 0 Å². The molecule has 0 fully saturated rings. The van der Waals surface area contributed by atoms with Crippen LogP contribution in [0.2, 0.25) is 0 Å². The second-order valence-electron chi connectivity index (χ2n) is 8.63. The number of aryl methyl sites for hydroxylation is 1. The molecule has 38 heavy (non-hydrogen) atoms. The van der Waals surface area contributed by atoms with E-state index in [4.69, 9.17) is 4.74 Å². The van der Waals surface area contributed by atoms with E-state index in [1.807, 2.05) is 0 Å². The minimum atomic E-state index is -5.07. The average molecular weight is 611 g/mol. The lowest BCUT2D eigenvalue weighted by Gasteiger charge is -2.28. The van der Waals surface area contributed by atoms with E-state index < -0.39 is 31.4 Å². The molecule has 0 atom stereocenters. The van der Waals surface area contributed by atoms with E-state index in [1.54, 1.807) is 80.6 Å². The van der Waals surface area contributed by atoms with Crippen LogP contribution in [0.1, 0.15) is 22.3 Å². The van der Waals surface area contributed by atoms with E-state index in [0.717, 1.165) is 6.07 Å². The maximum atomic E-state index is 14.7. The Morgan fingerprint density at radius 3 is 1.68 bits per heavy atom. The summed E-state index contributed by atoms with van der Waals surface area (Å²) >= 11 is 3.41. The summed E-state index contributed by atoms with van der Waals surface area (Å²) in [6, 6.07) is 20.0. The molecular formula is C29H22BrF6OP. The van der Waals surface area contributed by atoms with Crippen molar-refractivity contribution < 1.29 is 31.1 Å². The summed E-state index contributed by atoms with van der Waals surface area (Å²) in [7, 11) is -0.416. The van der Waals surface area contributed by atoms with E-state index in [2.05, 4.69) is 15.9 Å². The van der Waals surface area contributed by atoms with E-state index in [9.17, 15) is 26.3 Å². The second kappa shape index (κ2) is 10.7. The first-order valence-corrected chi connectivity index (χ1v) is 13.5. The van der Waals surface area contributed by atoms with E-state index in [1.165, 1.54) is 7.11 Å². The summed E-state index contributed by atoms with van der Waals surface area (Å²) in [4.78, 5) is 0. The van der Waals surface area contributed by atoms with Gasteiger partial charge in [0, 0.05) is 21.2 Å². The molecule has 198 valence electrons. The molecule has 0 amide bonds. The fourth-order valence-corrected chi connectivity index (χ4v) is 7.93. The Kier molecular flexibility index (Phi) is 7.96. The first-order chi connectivity index (χ1) is 17.8. The maximum Gasteiger partial charge on any atom is 0.417 e. The highest BCUT2D eigenvalue weighted by Gasteiger charge is 2.42. The minimum Gasteiger partial charge on any atom is -0.496 e. The molecule has 0 saturated carbocycles. The van der Waals surface area contributed by atoms with Gasteiger partial charge in [-0.1, -0.05) is 76.6 Å². The van der Waals surface area contributed by atoms with Gasteiger partial charge < -0.3 is 4.74 Å². The second-order valence-corrected chi connectivity index (χ2v) is 11.7. The molecule has 0 heterocycles. The summed E-state index contributed by atoms with van der Waals surface area (Å²) in [5.74, 6) is 0.367. The number of ether oxygens (including phenoxy) is 1. The average Bonchev–Trinajstić information content (AvgIpc) is 2.85. The molecule has 0 radical (unpaired) electrons. The molecule has 4 rings (SSSR count). The van der Waals surface area contributed by atoms with E-state index in [-0.39, 0.29) is 22.5 Å². The quantitative estimate of drug-likeness (QED) is 0.162. The van der Waals surface area contributed by atoms with Crippen LogP contribution < -0.4 is 20.7 Å². The Balaban J connectivity index is 2.25. The number of halogens is 7. The molecular weight excluding hydrogens is 589 g/mol. The number of alkyl halides is 6. The Morgan fingerprint density at radius 1 is 0.711 bits per heavy atom. The zero-order valence-electron chi connectivity index (χ0n) is 20.5. The van der Waals surface area contributed by atoms with Gasteiger partial charge in [-0.2, -0.15) is 26.3 Å². The standard InChI is InChI=1S/C29H22BrF6OP/c1-17-14-23(30)25(18(2)27(17)37-3)26-22(29(34,35)36)15-19(28(31,32)33)16-24(26)38(20-10-6-4-7-11-20)21-12-8-5-9-13-21/h4-16H,1-3H3. The van der Waals surface area contributed by atoms with Crippen LogP contribution in [0.4, 0.5) is 26.3 Å². The lowest BCUT2D eigenvalue weighted by atomic mass is 9.92. The number of hydrogen-bond donors (Lipinski definition) is 0. The third kappa shape index (κ3) is 5.48. The van der Waals surface area contributed by atoms with Gasteiger partial charge in [0.15, 0.2) is 0 Å². The van der Waals surface area contributed by atoms with Crippen molar-refractivity contribution in [3.05, 3.63) is 106 Å². The van der Waals surface area contributed by atoms with Crippen LogP contribution in [0.15, 0.2) is 83.3 Å². The third-order valence-electron chi connectivity index (χ3n) is 6.13. The Morgan fingerprint density at radius 2 is 1.24 bits per heavy atom. The molecule has 0 unspecified atom stereocenters. The Labute approximate surface area is 226 Å². The highest BCUT2D eigenvalue weighted by Crippen LogP contribution is 2.49. The van der Waals surface area contributed by atoms with Crippen molar-refractivity contribution >= 4 is 39.8 Å². The van der Waals surface area contributed by atoms with E-state index >= 15 is 0 Å². The lowest BCUT2D eigenvalue weighted by molar-refractivity contribution is -0.142. The molecule has 0 aliphatic heterocycles. The van der Waals surface area contributed by atoms with Crippen LogP contribution in [-0.2, 0) is 12.4 Å². The summed E-state index contributed by atoms with van der Waals surface area (Å²) in [5, 5.41) is 1.19. The van der Waals surface area contributed by atoms with Crippen LogP contribution in [0.3, 0.4) is 0 Å². The van der Waals surface area contributed by atoms with Crippen molar-refractivity contribution in [1.82, 2.24) is 0 Å². The molecule has 4 aromatic rings. The Bertz CT molecular complexity index is 1410. The molecule has 0 aliphatic carbocycles. The highest BCUT2D eigenvalue weighted by molar-refractivity contribution is 9.10. The number of hydrogen-bond acceptors (Lipinski definition) is 1. The monoisotopic (exact) mass is 610 g/mol. The highest BCUT2D eigenvalue weighted by atomic mass is 79.9. The first-order valence-electron chi connectivity index (χ1n) is 11.4. The van der Waals surface area contributed by atoms with Gasteiger partial charge in [0.2, 0.25) is 0 Å². The molecule has 1 nitrogen and oxygen atoms in total. The van der Waals surface area contributed by atoms with Crippen molar-refractivity contribution in [2.45, 2.75) is 26.2 Å². The molecule has 0 aliphatic rings. The topological polar surface area (TPSA) is 9.23 Å². The van der Waals surface area contributed by atoms with Crippen molar-refractivity contribution in [2.24, 2.45) is 0 Å². The summed E-state index contributed by atoms with van der Waals surface area (Å²) in [6.45, 7) is 3.36. The largest absolute Gasteiger partial charge is 0.496 e. The number of rotatable bonds is 5. The van der Waals surface area contributed by atoms with Crippen LogP contribution in [0, 0.1) is 13.8 Å². The lowest BCUT2D eigenvalue weighted by Crippen LogP contribution is -2.27. The number of benzene rings is 4. The fraction of sp³-hybridized carbons (Fsp3) is 0.172. The third-order valence-corrected chi connectivity index (χ3v) is 9.22. The van der Waals surface area contributed by atoms with Gasteiger partial charge in [-0.05, 0) is 61.4 Å². The number of methoxy groups -OCH3 is 1. The normalized spacial score (nSPS) is 12.2. The van der Waals surface area contributed by atoms with E-state index in [0.29, 0.717) is 32.0 Å². The Hall–Kier alpha value is -2.83. The van der Waals surface area contributed by atoms with Crippen LogP contribution in [0.5, 0.6) is 5.75 Å². The molecule has 4 aromatic carbocycles. The predicted octanol–water partition coefficient (Wildman–Crippen LogP) is 8.54. The molecule has 0 spiro atoms. The zero-order valence-corrected chi connectivity index (χ0v) is 23.0. The van der Waals surface area contributed by atoms with Crippen molar-refractivity contribution in [3.63, 3.8) is 0 Å². The first kappa shape index (κ1) is 28.2. The molecule has 0 saturated heterocycles. The van der Waals surface area contributed by atoms with Gasteiger partial charge >= 0.3 is 12.4 Å². The van der Waals surface area contributed by atoms with Crippen LogP contribution in [0.25, 0.3) is 11.1 Å². The van der Waals surface area contributed by atoms with Gasteiger partial charge in [0.25, 0.3) is 0 Å². The van der Waals surface area contributed by atoms with Crippen LogP contribution >= 0.6 is 23.9 Å². The molecule has 0 N–H and O–H groups in total. The smallest absolute Gasteiger partial charge is 0.417 e. The SMILES string of the molecule is COc1c(C)cc(Br)c(-c2c(P(c3ccccc3)c3ccccc3)cc(C(F)(F)F)cc2C(F)(F)F)c1C. The summed E-state index contributed by atoms with van der Waals surface area (Å²) < 4.78 is 92.1. The summed E-state index contributed by atoms with van der Waals surface area (Å²) in [6.07, 6.45) is -10.1. The van der Waals surface area contributed by atoms with Crippen molar-refractivity contribution in [2.75, 3.05) is 7.11 Å². The van der Waals surface area contributed by atoms with Gasteiger partial charge in [-0.25, -0.2) is 0 Å². The van der Waals surface area contributed by atoms with Gasteiger partial charge in [0.1, 0.15) is 5.75 Å². The maximum absolute atomic E-state index is 14.7. The fourth-order valence-electron chi connectivity index (χ4n) is 4.57. The minimum absolute atomic E-state index is 0.0470. The van der Waals surface area contributed by atoms with Crippen LogP contribution in [-0.4, -0.2) is 7.11 Å². The van der Waals surface area contributed by atoms with Crippen molar-refractivity contribution in [3.8, 4) is 16.9 Å². The molecule has 0 aromatic heterocycles. The summed E-state index contributed by atoms with van der Waals surface area (Å²) in [5.41, 5.74) is -1.79. The van der Waals surface area contributed by atoms with Gasteiger partial charge in [0.05, 0.1) is 18.2 Å². The zero-order chi connectivity index (χ0) is 27.8. The molecule has 9 heteroatoms. The molecule has 0 bridgehead atoms.